The molecule has 0 radical (unpaired) electrons. The first kappa shape index (κ1) is 11.6. The average molecular weight is 225 g/mol. The predicted molar refractivity (Wildman–Crippen MR) is 60.2 cm³/mol. The van der Waals surface area contributed by atoms with Crippen LogP contribution in [0.2, 0.25) is 0 Å². The summed E-state index contributed by atoms with van der Waals surface area (Å²) in [5.74, 6) is 0.850. The van der Waals surface area contributed by atoms with E-state index >= 15 is 0 Å². The zero-order chi connectivity index (χ0) is 11.4. The van der Waals surface area contributed by atoms with Crippen LogP contribution >= 0.6 is 0 Å². The van der Waals surface area contributed by atoms with Crippen LogP contribution in [0.15, 0.2) is 22.8 Å². The summed E-state index contributed by atoms with van der Waals surface area (Å²) in [6.07, 6.45) is 1.78. The Morgan fingerprint density at radius 1 is 1.56 bits per heavy atom. The minimum absolute atomic E-state index is 0.100. The van der Waals surface area contributed by atoms with E-state index in [9.17, 15) is 0 Å². The fraction of sp³-hybridized carbons (Fsp3) is 0.667. The largest absolute Gasteiger partial charge is 0.467 e. The Balaban J connectivity index is 1.70. The summed E-state index contributed by atoms with van der Waals surface area (Å²) < 4.78 is 16.6. The normalized spacial score (nSPS) is 24.5. The van der Waals surface area contributed by atoms with Crippen molar-refractivity contribution in [3.05, 3.63) is 24.2 Å². The van der Waals surface area contributed by atoms with Crippen molar-refractivity contribution in [2.45, 2.75) is 32.2 Å². The lowest BCUT2D eigenvalue weighted by atomic mass is 10.1. The lowest BCUT2D eigenvalue weighted by Gasteiger charge is -2.36. The minimum Gasteiger partial charge on any atom is -0.467 e. The monoisotopic (exact) mass is 225 g/mol. The molecule has 0 amide bonds. The second-order valence-corrected chi connectivity index (χ2v) is 4.72. The Kier molecular flexibility index (Phi) is 3.63. The Hall–Kier alpha value is -0.840. The Morgan fingerprint density at radius 2 is 2.44 bits per heavy atom. The van der Waals surface area contributed by atoms with Gasteiger partial charge in [0.25, 0.3) is 0 Å². The van der Waals surface area contributed by atoms with E-state index in [0.717, 1.165) is 18.8 Å². The first-order valence-corrected chi connectivity index (χ1v) is 5.64. The topological polar surface area (TPSA) is 43.6 Å². The van der Waals surface area contributed by atoms with Crippen molar-refractivity contribution in [1.29, 1.82) is 0 Å². The standard InChI is InChI=1S/C12H19NO3/c1-12(2)9-13-6-11(16-12)8-14-7-10-4-3-5-15-10/h3-5,11,13H,6-9H2,1-2H3. The van der Waals surface area contributed by atoms with E-state index in [1.165, 1.54) is 0 Å². The number of nitrogens with one attached hydrogen (secondary N) is 1. The number of furan rings is 1. The van der Waals surface area contributed by atoms with Crippen molar-refractivity contribution >= 4 is 0 Å². The molecule has 16 heavy (non-hydrogen) atoms. The van der Waals surface area contributed by atoms with Crippen LogP contribution in [0, 0.1) is 0 Å². The van der Waals surface area contributed by atoms with Crippen LogP contribution in [0.4, 0.5) is 0 Å². The van der Waals surface area contributed by atoms with Gasteiger partial charge in [0.15, 0.2) is 0 Å². The lowest BCUT2D eigenvalue weighted by molar-refractivity contribution is -0.122. The minimum atomic E-state index is -0.100. The zero-order valence-corrected chi connectivity index (χ0v) is 9.86. The number of hydrogen-bond acceptors (Lipinski definition) is 4. The molecule has 1 aliphatic heterocycles. The number of ether oxygens (including phenoxy) is 2. The highest BCUT2D eigenvalue weighted by molar-refractivity contribution is 4.96. The summed E-state index contributed by atoms with van der Waals surface area (Å²) in [5, 5.41) is 3.34. The van der Waals surface area contributed by atoms with Gasteiger partial charge in [-0.15, -0.1) is 0 Å². The smallest absolute Gasteiger partial charge is 0.129 e. The molecule has 1 unspecified atom stereocenters. The summed E-state index contributed by atoms with van der Waals surface area (Å²) in [5.41, 5.74) is -0.100. The summed E-state index contributed by atoms with van der Waals surface area (Å²) in [6.45, 7) is 7.01. The summed E-state index contributed by atoms with van der Waals surface area (Å²) in [4.78, 5) is 0. The van der Waals surface area contributed by atoms with Crippen molar-refractivity contribution in [3.8, 4) is 0 Å². The molecule has 1 aliphatic rings. The summed E-state index contributed by atoms with van der Waals surface area (Å²) in [6, 6.07) is 3.77. The molecule has 0 aliphatic carbocycles. The van der Waals surface area contributed by atoms with Gasteiger partial charge in [0, 0.05) is 13.1 Å². The lowest BCUT2D eigenvalue weighted by Crippen LogP contribution is -2.51. The molecule has 2 heterocycles. The predicted octanol–water partition coefficient (Wildman–Crippen LogP) is 1.56. The fourth-order valence-corrected chi connectivity index (χ4v) is 1.85. The Labute approximate surface area is 95.9 Å². The van der Waals surface area contributed by atoms with E-state index in [1.807, 2.05) is 12.1 Å². The van der Waals surface area contributed by atoms with Crippen LogP contribution in [0.1, 0.15) is 19.6 Å². The number of morpholine rings is 1. The van der Waals surface area contributed by atoms with Crippen molar-refractivity contribution in [2.75, 3.05) is 19.7 Å². The van der Waals surface area contributed by atoms with Gasteiger partial charge in [-0.05, 0) is 26.0 Å². The maximum atomic E-state index is 5.88. The number of rotatable bonds is 4. The van der Waals surface area contributed by atoms with Crippen molar-refractivity contribution in [3.63, 3.8) is 0 Å². The van der Waals surface area contributed by atoms with Gasteiger partial charge >= 0.3 is 0 Å². The van der Waals surface area contributed by atoms with Gasteiger partial charge in [-0.25, -0.2) is 0 Å². The van der Waals surface area contributed by atoms with Gasteiger partial charge in [-0.3, -0.25) is 0 Å². The van der Waals surface area contributed by atoms with Crippen LogP contribution in [0.3, 0.4) is 0 Å². The molecule has 0 aromatic carbocycles. The van der Waals surface area contributed by atoms with Crippen LogP contribution in [0.25, 0.3) is 0 Å². The van der Waals surface area contributed by atoms with Gasteiger partial charge in [0.1, 0.15) is 12.4 Å². The molecule has 0 saturated carbocycles. The molecule has 1 aromatic heterocycles. The van der Waals surface area contributed by atoms with Gasteiger partial charge in [0.2, 0.25) is 0 Å². The SMILES string of the molecule is CC1(C)CNCC(COCc2ccco2)O1. The highest BCUT2D eigenvalue weighted by atomic mass is 16.6. The molecule has 2 rings (SSSR count). The first-order valence-electron chi connectivity index (χ1n) is 5.64. The summed E-state index contributed by atoms with van der Waals surface area (Å²) in [7, 11) is 0. The van der Waals surface area contributed by atoms with Crippen molar-refractivity contribution in [2.24, 2.45) is 0 Å². The highest BCUT2D eigenvalue weighted by Gasteiger charge is 2.28. The Bertz CT molecular complexity index is 308. The Morgan fingerprint density at radius 3 is 3.12 bits per heavy atom. The molecule has 0 spiro atoms. The quantitative estimate of drug-likeness (QED) is 0.844. The maximum absolute atomic E-state index is 5.88. The molecular formula is C12H19NO3. The highest BCUT2D eigenvalue weighted by Crippen LogP contribution is 2.15. The van der Waals surface area contributed by atoms with E-state index in [-0.39, 0.29) is 11.7 Å². The second-order valence-electron chi connectivity index (χ2n) is 4.72. The molecule has 1 aromatic rings. The van der Waals surface area contributed by atoms with E-state index in [0.29, 0.717) is 13.2 Å². The molecule has 1 N–H and O–H groups in total. The van der Waals surface area contributed by atoms with Gasteiger partial charge in [0.05, 0.1) is 24.6 Å². The van der Waals surface area contributed by atoms with Gasteiger partial charge in [-0.2, -0.15) is 0 Å². The van der Waals surface area contributed by atoms with Crippen molar-refractivity contribution in [1.82, 2.24) is 5.32 Å². The van der Waals surface area contributed by atoms with E-state index in [1.54, 1.807) is 6.26 Å². The second kappa shape index (κ2) is 4.99. The molecule has 1 saturated heterocycles. The number of hydrogen-bond donors (Lipinski definition) is 1. The van der Waals surface area contributed by atoms with E-state index < -0.39 is 0 Å². The molecular weight excluding hydrogens is 206 g/mol. The van der Waals surface area contributed by atoms with Crippen LogP contribution in [0.5, 0.6) is 0 Å². The van der Waals surface area contributed by atoms with Gasteiger partial charge in [-0.1, -0.05) is 0 Å². The van der Waals surface area contributed by atoms with E-state index in [4.69, 9.17) is 13.9 Å². The summed E-state index contributed by atoms with van der Waals surface area (Å²) >= 11 is 0. The third-order valence-corrected chi connectivity index (χ3v) is 2.54. The molecule has 0 bridgehead atoms. The van der Waals surface area contributed by atoms with Crippen LogP contribution in [-0.4, -0.2) is 31.4 Å². The van der Waals surface area contributed by atoms with Gasteiger partial charge < -0.3 is 19.2 Å². The maximum Gasteiger partial charge on any atom is 0.129 e. The first-order chi connectivity index (χ1) is 7.66. The fourth-order valence-electron chi connectivity index (χ4n) is 1.85. The average Bonchev–Trinajstić information content (AvgIpc) is 2.69. The third kappa shape index (κ3) is 3.33. The molecule has 1 atom stereocenters. The molecule has 1 fully saturated rings. The zero-order valence-electron chi connectivity index (χ0n) is 9.86. The molecule has 4 heteroatoms. The van der Waals surface area contributed by atoms with Crippen LogP contribution in [-0.2, 0) is 16.1 Å². The molecule has 90 valence electrons. The van der Waals surface area contributed by atoms with E-state index in [2.05, 4.69) is 19.2 Å². The third-order valence-electron chi connectivity index (χ3n) is 2.54. The van der Waals surface area contributed by atoms with Crippen LogP contribution < -0.4 is 5.32 Å². The molecule has 4 nitrogen and oxygen atoms in total. The van der Waals surface area contributed by atoms with Crippen molar-refractivity contribution < 1.29 is 13.9 Å².